The van der Waals surface area contributed by atoms with Crippen LogP contribution < -0.4 is 0 Å². The third kappa shape index (κ3) is 66.4. The first-order chi connectivity index (χ1) is 39.5. The smallest absolute Gasteiger partial charge is 0.306 e. The van der Waals surface area contributed by atoms with Crippen LogP contribution in [0.1, 0.15) is 400 Å². The molecule has 80 heavy (non-hydrogen) atoms. The van der Waals surface area contributed by atoms with E-state index in [1.165, 1.54) is 276 Å². The molecule has 0 aliphatic heterocycles. The van der Waals surface area contributed by atoms with Crippen molar-refractivity contribution >= 4 is 17.9 Å². The molecule has 0 aromatic carbocycles. The minimum Gasteiger partial charge on any atom is -0.462 e. The Kier molecular flexibility index (Phi) is 67.1. The Morgan fingerprint density at radius 2 is 0.487 bits per heavy atom. The lowest BCUT2D eigenvalue weighted by molar-refractivity contribution is -0.167. The number of unbranched alkanes of at least 4 members (excludes halogenated alkanes) is 50. The molecule has 0 bridgehead atoms. The third-order valence-electron chi connectivity index (χ3n) is 16.4. The average molecular weight is 1120 g/mol. The highest BCUT2D eigenvalue weighted by atomic mass is 16.6. The number of ether oxygens (including phenoxy) is 3. The van der Waals surface area contributed by atoms with Crippen LogP contribution >= 0.6 is 0 Å². The van der Waals surface area contributed by atoms with Gasteiger partial charge in [-0.2, -0.15) is 0 Å². The second-order valence-corrected chi connectivity index (χ2v) is 24.5. The summed E-state index contributed by atoms with van der Waals surface area (Å²) in [5.74, 6) is -0.846. The van der Waals surface area contributed by atoms with E-state index in [4.69, 9.17) is 14.2 Å². The summed E-state index contributed by atoms with van der Waals surface area (Å²) in [7, 11) is 0. The van der Waals surface area contributed by atoms with Gasteiger partial charge in [0.1, 0.15) is 13.2 Å². The lowest BCUT2D eigenvalue weighted by Gasteiger charge is -2.18. The molecule has 0 fully saturated rings. The second-order valence-electron chi connectivity index (χ2n) is 24.5. The maximum Gasteiger partial charge on any atom is 0.306 e. The van der Waals surface area contributed by atoms with Crippen LogP contribution in [0.4, 0.5) is 0 Å². The van der Waals surface area contributed by atoms with E-state index in [0.29, 0.717) is 19.3 Å². The minimum absolute atomic E-state index is 0.0691. The minimum atomic E-state index is -0.774. The largest absolute Gasteiger partial charge is 0.462 e. The van der Waals surface area contributed by atoms with Gasteiger partial charge in [0.2, 0.25) is 0 Å². The SMILES string of the molecule is CC/C=C\C/C=C\C/C=C\CCCCCCCCCC(=O)OCC(COC(=O)CCCCCCCCCCCCCCCCCCCCCCCCCC)OC(=O)CCCCCCCCCCCCCCCCCCCCCCC. The highest BCUT2D eigenvalue weighted by Gasteiger charge is 2.19. The molecular weight excluding hydrogens is 985 g/mol. The highest BCUT2D eigenvalue weighted by Crippen LogP contribution is 2.19. The quantitative estimate of drug-likeness (QED) is 0.0261. The van der Waals surface area contributed by atoms with Crippen molar-refractivity contribution in [3.8, 4) is 0 Å². The van der Waals surface area contributed by atoms with E-state index >= 15 is 0 Å². The van der Waals surface area contributed by atoms with E-state index in [1.807, 2.05) is 0 Å². The van der Waals surface area contributed by atoms with Crippen molar-refractivity contribution in [3.05, 3.63) is 36.5 Å². The average Bonchev–Trinajstić information content (AvgIpc) is 3.46. The Morgan fingerprint density at radius 1 is 0.263 bits per heavy atom. The molecule has 0 saturated heterocycles. The summed E-state index contributed by atoms with van der Waals surface area (Å²) in [5, 5.41) is 0. The van der Waals surface area contributed by atoms with Gasteiger partial charge in [0, 0.05) is 19.3 Å². The van der Waals surface area contributed by atoms with Crippen molar-refractivity contribution in [2.45, 2.75) is 406 Å². The summed E-state index contributed by atoms with van der Waals surface area (Å²) >= 11 is 0. The third-order valence-corrected chi connectivity index (χ3v) is 16.4. The highest BCUT2D eigenvalue weighted by molar-refractivity contribution is 5.71. The fourth-order valence-electron chi connectivity index (χ4n) is 11.1. The first-order valence-corrected chi connectivity index (χ1v) is 36.0. The normalized spacial score (nSPS) is 12.2. The molecule has 6 nitrogen and oxygen atoms in total. The lowest BCUT2D eigenvalue weighted by atomic mass is 10.0. The molecule has 0 radical (unpaired) electrons. The van der Waals surface area contributed by atoms with Crippen molar-refractivity contribution in [3.63, 3.8) is 0 Å². The maximum absolute atomic E-state index is 13.0. The van der Waals surface area contributed by atoms with Crippen LogP contribution in [-0.2, 0) is 28.6 Å². The van der Waals surface area contributed by atoms with E-state index in [1.54, 1.807) is 0 Å². The summed E-state index contributed by atoms with van der Waals surface area (Å²) in [4.78, 5) is 38.5. The predicted molar refractivity (Wildman–Crippen MR) is 349 cm³/mol. The van der Waals surface area contributed by atoms with Gasteiger partial charge in [-0.3, -0.25) is 14.4 Å². The maximum atomic E-state index is 13.0. The monoisotopic (exact) mass is 1120 g/mol. The Hall–Kier alpha value is -2.37. The van der Waals surface area contributed by atoms with Gasteiger partial charge < -0.3 is 14.2 Å². The fraction of sp³-hybridized carbons (Fsp3) is 0.878. The van der Waals surface area contributed by atoms with Crippen molar-refractivity contribution in [1.29, 1.82) is 0 Å². The van der Waals surface area contributed by atoms with E-state index in [-0.39, 0.29) is 31.1 Å². The van der Waals surface area contributed by atoms with Gasteiger partial charge in [0.05, 0.1) is 0 Å². The van der Waals surface area contributed by atoms with Crippen LogP contribution in [0.2, 0.25) is 0 Å². The van der Waals surface area contributed by atoms with E-state index in [2.05, 4.69) is 57.2 Å². The lowest BCUT2D eigenvalue weighted by Crippen LogP contribution is -2.30. The summed E-state index contributed by atoms with van der Waals surface area (Å²) < 4.78 is 17.0. The van der Waals surface area contributed by atoms with Crippen LogP contribution in [0.25, 0.3) is 0 Å². The molecule has 0 spiro atoms. The molecule has 0 aromatic rings. The fourth-order valence-corrected chi connectivity index (χ4v) is 11.1. The van der Waals surface area contributed by atoms with Gasteiger partial charge in [-0.25, -0.2) is 0 Å². The molecule has 0 heterocycles. The summed E-state index contributed by atoms with van der Waals surface area (Å²) in [6.45, 7) is 6.61. The molecule has 470 valence electrons. The zero-order valence-electron chi connectivity index (χ0n) is 54.1. The predicted octanol–water partition coefficient (Wildman–Crippen LogP) is 24.7. The number of carbonyl (C=O) groups excluding carboxylic acids is 3. The Balaban J connectivity index is 4.28. The van der Waals surface area contributed by atoms with Gasteiger partial charge in [0.25, 0.3) is 0 Å². The number of allylic oxidation sites excluding steroid dienone is 6. The zero-order chi connectivity index (χ0) is 57.8. The first-order valence-electron chi connectivity index (χ1n) is 36.0. The molecule has 1 atom stereocenters. The molecule has 0 aliphatic carbocycles. The summed E-state index contributed by atoms with van der Waals surface area (Å²) in [6.07, 6.45) is 86.1. The Labute approximate surface area is 499 Å². The molecule has 0 rings (SSSR count). The molecule has 0 saturated carbocycles. The number of hydrogen-bond donors (Lipinski definition) is 0. The molecule has 6 heteroatoms. The standard InChI is InChI=1S/C74H138O6/c1-4-7-10-13-16-19-22-25-28-31-33-35-36-37-39-40-43-46-49-52-55-58-61-64-67-73(76)79-70-71(69-78-72(75)66-63-60-57-54-51-48-45-42-30-27-24-21-18-15-12-9-6-3)80-74(77)68-65-62-59-56-53-50-47-44-41-38-34-32-29-26-23-20-17-14-11-8-5-2/h9,12,18,21,27,30,71H,4-8,10-11,13-17,19-20,22-26,28-29,31-70H2,1-3H3/b12-9-,21-18-,30-27-. The van der Waals surface area contributed by atoms with Gasteiger partial charge in [-0.1, -0.05) is 365 Å². The van der Waals surface area contributed by atoms with Crippen LogP contribution in [0.3, 0.4) is 0 Å². The molecule has 0 aliphatic rings. The zero-order valence-corrected chi connectivity index (χ0v) is 54.1. The van der Waals surface area contributed by atoms with Crippen LogP contribution in [-0.4, -0.2) is 37.2 Å². The second kappa shape index (κ2) is 69.1. The van der Waals surface area contributed by atoms with Crippen LogP contribution in [0, 0.1) is 0 Å². The molecule has 1 unspecified atom stereocenters. The number of hydrogen-bond acceptors (Lipinski definition) is 6. The Morgan fingerprint density at radius 3 is 0.762 bits per heavy atom. The molecular formula is C74H138O6. The number of rotatable bonds is 67. The molecule has 0 amide bonds. The van der Waals surface area contributed by atoms with Gasteiger partial charge in [-0.15, -0.1) is 0 Å². The van der Waals surface area contributed by atoms with Crippen molar-refractivity contribution < 1.29 is 28.6 Å². The summed E-state index contributed by atoms with van der Waals surface area (Å²) in [5.41, 5.74) is 0. The van der Waals surface area contributed by atoms with Crippen LogP contribution in [0.5, 0.6) is 0 Å². The van der Waals surface area contributed by atoms with E-state index in [9.17, 15) is 14.4 Å². The summed E-state index contributed by atoms with van der Waals surface area (Å²) in [6, 6.07) is 0. The van der Waals surface area contributed by atoms with E-state index < -0.39 is 6.10 Å². The van der Waals surface area contributed by atoms with Crippen molar-refractivity contribution in [1.82, 2.24) is 0 Å². The van der Waals surface area contributed by atoms with Crippen molar-refractivity contribution in [2.75, 3.05) is 13.2 Å². The van der Waals surface area contributed by atoms with Crippen LogP contribution in [0.15, 0.2) is 36.5 Å². The van der Waals surface area contributed by atoms with Gasteiger partial charge in [0.15, 0.2) is 6.10 Å². The van der Waals surface area contributed by atoms with Crippen molar-refractivity contribution in [2.24, 2.45) is 0 Å². The number of esters is 3. The van der Waals surface area contributed by atoms with Gasteiger partial charge >= 0.3 is 17.9 Å². The molecule has 0 aromatic heterocycles. The molecule has 0 N–H and O–H groups in total. The Bertz CT molecular complexity index is 1340. The van der Waals surface area contributed by atoms with Gasteiger partial charge in [-0.05, 0) is 51.4 Å². The first kappa shape index (κ1) is 77.6. The van der Waals surface area contributed by atoms with E-state index in [0.717, 1.165) is 83.5 Å². The topological polar surface area (TPSA) is 78.9 Å². The number of carbonyl (C=O) groups is 3.